The number of ketones is 1. The van der Waals surface area contributed by atoms with Crippen LogP contribution in [0.4, 0.5) is 0 Å². The van der Waals surface area contributed by atoms with E-state index in [1.54, 1.807) is 5.57 Å². The predicted molar refractivity (Wildman–Crippen MR) is 81.2 cm³/mol. The minimum Gasteiger partial charge on any atom is -0.299 e. The summed E-state index contributed by atoms with van der Waals surface area (Å²) < 4.78 is 0. The molecular formula is C19H26O. The molecule has 0 aliphatic heterocycles. The zero-order valence-corrected chi connectivity index (χ0v) is 12.8. The molecule has 0 aromatic carbocycles. The van der Waals surface area contributed by atoms with E-state index in [4.69, 9.17) is 0 Å². The smallest absolute Gasteiger partial charge is 0.139 e. The maximum absolute atomic E-state index is 12.3. The van der Waals surface area contributed by atoms with Crippen LogP contribution >= 0.6 is 0 Å². The van der Waals surface area contributed by atoms with Crippen LogP contribution in [0.15, 0.2) is 23.8 Å². The molecule has 1 heteroatoms. The number of hydrogen-bond acceptors (Lipinski definition) is 1. The van der Waals surface area contributed by atoms with Crippen molar-refractivity contribution in [3.05, 3.63) is 23.8 Å². The van der Waals surface area contributed by atoms with Crippen molar-refractivity contribution in [1.29, 1.82) is 0 Å². The summed E-state index contributed by atoms with van der Waals surface area (Å²) in [4.78, 5) is 12.3. The molecule has 0 unspecified atom stereocenters. The molecule has 5 atom stereocenters. The number of hydrogen-bond donors (Lipinski definition) is 0. The van der Waals surface area contributed by atoms with Crippen LogP contribution in [-0.4, -0.2) is 5.78 Å². The standard InChI is InChI=1S/C19H26O/c1-18-11-4-3-5-13(18)6-7-14-15-8-9-17(20)19(15,2)12-10-16(14)18/h4,6,11,14-16H,3,5,7-10,12H2,1-2H3/t14-,15-,16+,18-,19-/m0/s1. The molecule has 2 fully saturated rings. The van der Waals surface area contributed by atoms with Crippen LogP contribution < -0.4 is 0 Å². The molecule has 0 heterocycles. The van der Waals surface area contributed by atoms with Gasteiger partial charge in [-0.2, -0.15) is 0 Å². The van der Waals surface area contributed by atoms with E-state index in [1.165, 1.54) is 25.7 Å². The van der Waals surface area contributed by atoms with Crippen LogP contribution in [-0.2, 0) is 4.79 Å². The molecule has 0 aromatic heterocycles. The van der Waals surface area contributed by atoms with Crippen LogP contribution in [0.25, 0.3) is 0 Å². The summed E-state index contributed by atoms with van der Waals surface area (Å²) in [5.74, 6) is 2.73. The van der Waals surface area contributed by atoms with Crippen LogP contribution in [0.2, 0.25) is 0 Å². The van der Waals surface area contributed by atoms with Crippen molar-refractivity contribution >= 4 is 5.78 Å². The Hall–Kier alpha value is -0.850. The van der Waals surface area contributed by atoms with E-state index in [-0.39, 0.29) is 5.41 Å². The van der Waals surface area contributed by atoms with Gasteiger partial charge in [0, 0.05) is 17.3 Å². The Morgan fingerprint density at radius 2 is 2.00 bits per heavy atom. The van der Waals surface area contributed by atoms with Gasteiger partial charge < -0.3 is 0 Å². The summed E-state index contributed by atoms with van der Waals surface area (Å²) >= 11 is 0. The van der Waals surface area contributed by atoms with Crippen LogP contribution in [0.3, 0.4) is 0 Å². The molecule has 20 heavy (non-hydrogen) atoms. The van der Waals surface area contributed by atoms with Crippen molar-refractivity contribution in [3.8, 4) is 0 Å². The molecule has 4 aliphatic carbocycles. The van der Waals surface area contributed by atoms with Gasteiger partial charge in [0.05, 0.1) is 0 Å². The summed E-state index contributed by atoms with van der Waals surface area (Å²) in [6.07, 6.45) is 15.5. The third-order valence-electron chi connectivity index (χ3n) is 7.29. The van der Waals surface area contributed by atoms with E-state index < -0.39 is 0 Å². The molecule has 4 rings (SSSR count). The first-order valence-corrected chi connectivity index (χ1v) is 8.46. The minimum atomic E-state index is 0.0151. The fraction of sp³-hybridized carbons (Fsp3) is 0.737. The normalized spacial score (nSPS) is 50.2. The highest BCUT2D eigenvalue weighted by atomic mass is 16.1. The molecule has 2 saturated carbocycles. The van der Waals surface area contributed by atoms with Crippen LogP contribution in [0.5, 0.6) is 0 Å². The SMILES string of the molecule is C[C@]12C=CCCC1=CC[C@@H]1[C@H]2CC[C@]2(C)C(=O)CC[C@@H]12. The summed E-state index contributed by atoms with van der Waals surface area (Å²) in [7, 11) is 0. The molecule has 0 saturated heterocycles. The molecule has 0 N–H and O–H groups in total. The Kier molecular flexibility index (Phi) is 2.63. The summed E-state index contributed by atoms with van der Waals surface area (Å²) in [5.41, 5.74) is 2.00. The quantitative estimate of drug-likeness (QED) is 0.584. The fourth-order valence-electron chi connectivity index (χ4n) is 6.04. The average molecular weight is 270 g/mol. The Morgan fingerprint density at radius 1 is 1.15 bits per heavy atom. The first kappa shape index (κ1) is 12.9. The summed E-state index contributed by atoms with van der Waals surface area (Å²) in [6, 6.07) is 0. The van der Waals surface area contributed by atoms with Crippen molar-refractivity contribution in [2.45, 2.75) is 58.8 Å². The maximum Gasteiger partial charge on any atom is 0.139 e. The van der Waals surface area contributed by atoms with Gasteiger partial charge >= 0.3 is 0 Å². The monoisotopic (exact) mass is 270 g/mol. The predicted octanol–water partition coefficient (Wildman–Crippen LogP) is 4.68. The van der Waals surface area contributed by atoms with Gasteiger partial charge in [0.1, 0.15) is 5.78 Å². The van der Waals surface area contributed by atoms with Gasteiger partial charge in [0.25, 0.3) is 0 Å². The third-order valence-corrected chi connectivity index (χ3v) is 7.29. The minimum absolute atomic E-state index is 0.0151. The van der Waals surface area contributed by atoms with Gasteiger partial charge in [-0.15, -0.1) is 0 Å². The molecule has 1 nitrogen and oxygen atoms in total. The Balaban J connectivity index is 1.74. The first-order chi connectivity index (χ1) is 9.56. The number of carbonyl (C=O) groups excluding carboxylic acids is 1. The molecule has 0 bridgehead atoms. The first-order valence-electron chi connectivity index (χ1n) is 8.46. The van der Waals surface area contributed by atoms with E-state index in [9.17, 15) is 4.79 Å². The number of fused-ring (bicyclic) bond motifs is 5. The number of rotatable bonds is 0. The van der Waals surface area contributed by atoms with E-state index >= 15 is 0 Å². The Bertz CT molecular complexity index is 514. The zero-order valence-electron chi connectivity index (χ0n) is 12.8. The van der Waals surface area contributed by atoms with Gasteiger partial charge in [-0.25, -0.2) is 0 Å². The number of allylic oxidation sites excluding steroid dienone is 4. The third kappa shape index (κ3) is 1.47. The molecule has 0 aromatic rings. The molecule has 108 valence electrons. The lowest BCUT2D eigenvalue weighted by molar-refractivity contribution is -0.131. The summed E-state index contributed by atoms with van der Waals surface area (Å²) in [5, 5.41) is 0. The highest BCUT2D eigenvalue weighted by Crippen LogP contribution is 2.62. The van der Waals surface area contributed by atoms with Gasteiger partial charge in [-0.1, -0.05) is 37.6 Å². The highest BCUT2D eigenvalue weighted by Gasteiger charge is 2.57. The van der Waals surface area contributed by atoms with E-state index in [0.717, 1.165) is 31.1 Å². The van der Waals surface area contributed by atoms with E-state index in [0.29, 0.717) is 17.1 Å². The lowest BCUT2D eigenvalue weighted by atomic mass is 9.49. The molecule has 4 aliphatic rings. The summed E-state index contributed by atoms with van der Waals surface area (Å²) in [6.45, 7) is 4.73. The second-order valence-electron chi connectivity index (χ2n) is 7.98. The Morgan fingerprint density at radius 3 is 2.85 bits per heavy atom. The van der Waals surface area contributed by atoms with Crippen LogP contribution in [0.1, 0.15) is 58.8 Å². The lowest BCUT2D eigenvalue weighted by Gasteiger charge is -2.54. The highest BCUT2D eigenvalue weighted by molar-refractivity contribution is 5.87. The van der Waals surface area contributed by atoms with Gasteiger partial charge in [0.15, 0.2) is 0 Å². The number of carbonyl (C=O) groups is 1. The zero-order chi connectivity index (χ0) is 14.0. The van der Waals surface area contributed by atoms with E-state index in [2.05, 4.69) is 32.1 Å². The van der Waals surface area contributed by atoms with Crippen molar-refractivity contribution in [2.75, 3.05) is 0 Å². The van der Waals surface area contributed by atoms with Crippen molar-refractivity contribution < 1.29 is 4.79 Å². The lowest BCUT2D eigenvalue weighted by Crippen LogP contribution is -2.48. The molecular weight excluding hydrogens is 244 g/mol. The topological polar surface area (TPSA) is 17.1 Å². The van der Waals surface area contributed by atoms with E-state index in [1.807, 2.05) is 0 Å². The van der Waals surface area contributed by atoms with Crippen molar-refractivity contribution in [3.63, 3.8) is 0 Å². The van der Waals surface area contributed by atoms with Gasteiger partial charge in [-0.3, -0.25) is 4.79 Å². The Labute approximate surface area is 122 Å². The molecule has 0 amide bonds. The molecule has 0 spiro atoms. The largest absolute Gasteiger partial charge is 0.299 e. The van der Waals surface area contributed by atoms with Crippen molar-refractivity contribution in [2.24, 2.45) is 28.6 Å². The second-order valence-corrected chi connectivity index (χ2v) is 7.98. The van der Waals surface area contributed by atoms with Crippen LogP contribution in [0, 0.1) is 28.6 Å². The van der Waals surface area contributed by atoms with Crippen molar-refractivity contribution in [1.82, 2.24) is 0 Å². The van der Waals surface area contributed by atoms with Gasteiger partial charge in [-0.05, 0) is 56.3 Å². The average Bonchev–Trinajstić information content (AvgIpc) is 2.74. The second kappa shape index (κ2) is 4.08. The fourth-order valence-corrected chi connectivity index (χ4v) is 6.04. The van der Waals surface area contributed by atoms with Gasteiger partial charge in [0.2, 0.25) is 0 Å². The molecule has 0 radical (unpaired) electrons. The maximum atomic E-state index is 12.3. The number of Topliss-reactive ketones (excluding diaryl/α,β-unsaturated/α-hetero) is 1.